The highest BCUT2D eigenvalue weighted by Crippen LogP contribution is 2.35. The van der Waals surface area contributed by atoms with Crippen LogP contribution in [0.2, 0.25) is 0 Å². The van der Waals surface area contributed by atoms with Crippen molar-refractivity contribution < 1.29 is 33.1 Å². The molecule has 0 aliphatic carbocycles. The van der Waals surface area contributed by atoms with Crippen LogP contribution in [0.1, 0.15) is 168 Å². The van der Waals surface area contributed by atoms with Crippen molar-refractivity contribution in [3.05, 3.63) is 0 Å². The van der Waals surface area contributed by atoms with E-state index in [9.17, 15) is 9.36 Å². The summed E-state index contributed by atoms with van der Waals surface area (Å²) in [6.07, 6.45) is 28.0. The first kappa shape index (κ1) is 38.5. The van der Waals surface area contributed by atoms with Crippen LogP contribution in [0.15, 0.2) is 0 Å². The van der Waals surface area contributed by atoms with Gasteiger partial charge in [0.25, 0.3) is 0 Å². The van der Waals surface area contributed by atoms with Crippen LogP contribution in [0.25, 0.3) is 0 Å². The molecule has 0 amide bonds. The molecule has 39 heavy (non-hydrogen) atoms. The monoisotopic (exact) mass is 578 g/mol. The second kappa shape index (κ2) is 29.0. The van der Waals surface area contributed by atoms with Gasteiger partial charge in [-0.25, -0.2) is 4.57 Å². The highest BCUT2D eigenvalue weighted by Gasteiger charge is 2.21. The first-order chi connectivity index (χ1) is 18.9. The minimum Gasteiger partial charge on any atom is -0.457 e. The normalized spacial score (nSPS) is 12.6. The van der Waals surface area contributed by atoms with Crippen molar-refractivity contribution >= 4 is 13.8 Å². The van der Waals surface area contributed by atoms with Crippen molar-refractivity contribution in [3.63, 3.8) is 0 Å². The number of carbonyl (C=O) groups is 1. The van der Waals surface area contributed by atoms with Crippen molar-refractivity contribution in [3.8, 4) is 0 Å². The van der Waals surface area contributed by atoms with E-state index in [0.717, 1.165) is 32.1 Å². The third kappa shape index (κ3) is 31.9. The molecule has 0 saturated heterocycles. The highest BCUT2D eigenvalue weighted by molar-refractivity contribution is 7.46. The van der Waals surface area contributed by atoms with E-state index in [-0.39, 0.29) is 19.2 Å². The second-order valence-electron chi connectivity index (χ2n) is 11.1. The van der Waals surface area contributed by atoms with E-state index in [4.69, 9.17) is 19.3 Å². The van der Waals surface area contributed by atoms with Gasteiger partial charge in [-0.05, 0) is 12.8 Å². The highest BCUT2D eigenvalue weighted by atomic mass is 31.2. The Hall–Kier alpha value is -0.460. The van der Waals surface area contributed by atoms with Crippen molar-refractivity contribution in [2.45, 2.75) is 174 Å². The fraction of sp³-hybridized carbons (Fsp3) is 0.968. The molecule has 0 bridgehead atoms. The first-order valence-electron chi connectivity index (χ1n) is 16.4. The molecule has 234 valence electrons. The maximum atomic E-state index is 12.3. The summed E-state index contributed by atoms with van der Waals surface area (Å²) in [7, 11) is -4.63. The quantitative estimate of drug-likeness (QED) is 0.0480. The summed E-state index contributed by atoms with van der Waals surface area (Å²) in [5.74, 6) is -0.361. The summed E-state index contributed by atoms with van der Waals surface area (Å²) in [6.45, 7) is 4.74. The molecule has 0 aromatic heterocycles. The van der Waals surface area contributed by atoms with Gasteiger partial charge in [0.05, 0.1) is 13.2 Å². The zero-order valence-corrected chi connectivity index (χ0v) is 26.4. The van der Waals surface area contributed by atoms with Gasteiger partial charge in [0.2, 0.25) is 0 Å². The number of carbonyl (C=O) groups excluding carboxylic acids is 1. The minimum absolute atomic E-state index is 0.0851. The van der Waals surface area contributed by atoms with Crippen molar-refractivity contribution in [2.24, 2.45) is 0 Å². The third-order valence-corrected chi connectivity index (χ3v) is 7.64. The summed E-state index contributed by atoms with van der Waals surface area (Å²) in [5, 5.41) is 0. The molecule has 0 aliphatic heterocycles. The molecule has 2 N–H and O–H groups in total. The Morgan fingerprint density at radius 3 is 1.38 bits per heavy atom. The fourth-order valence-corrected chi connectivity index (χ4v) is 5.10. The van der Waals surface area contributed by atoms with Crippen LogP contribution >= 0.6 is 7.82 Å². The Balaban J connectivity index is 3.85. The molecule has 0 radical (unpaired) electrons. The molecule has 1 atom stereocenters. The van der Waals surface area contributed by atoms with Crippen molar-refractivity contribution in [1.82, 2.24) is 0 Å². The predicted molar refractivity (Wildman–Crippen MR) is 161 cm³/mol. The lowest BCUT2D eigenvalue weighted by Crippen LogP contribution is -2.28. The Morgan fingerprint density at radius 2 is 0.974 bits per heavy atom. The van der Waals surface area contributed by atoms with Crippen LogP contribution in [0.4, 0.5) is 0 Å². The van der Waals surface area contributed by atoms with E-state index in [2.05, 4.69) is 18.4 Å². The van der Waals surface area contributed by atoms with Gasteiger partial charge in [-0.2, -0.15) is 0 Å². The lowest BCUT2D eigenvalue weighted by Gasteiger charge is -2.18. The van der Waals surface area contributed by atoms with Crippen LogP contribution < -0.4 is 0 Å². The Morgan fingerprint density at radius 1 is 0.590 bits per heavy atom. The largest absolute Gasteiger partial charge is 0.469 e. The van der Waals surface area contributed by atoms with Crippen LogP contribution in [0, 0.1) is 0 Å². The van der Waals surface area contributed by atoms with E-state index in [1.807, 2.05) is 0 Å². The van der Waals surface area contributed by atoms with Gasteiger partial charge in [0.15, 0.2) is 0 Å². The van der Waals surface area contributed by atoms with Crippen LogP contribution in [0.5, 0.6) is 0 Å². The van der Waals surface area contributed by atoms with Gasteiger partial charge >= 0.3 is 13.8 Å². The van der Waals surface area contributed by atoms with E-state index in [1.54, 1.807) is 0 Å². The van der Waals surface area contributed by atoms with Gasteiger partial charge in [-0.15, -0.1) is 0 Å². The molecule has 1 unspecified atom stereocenters. The summed E-state index contributed by atoms with van der Waals surface area (Å²) < 4.78 is 26.7. The number of phosphoric acid groups is 1. The number of unbranched alkanes of at least 4 members (excludes halogenated alkanes) is 21. The molecule has 0 heterocycles. The zero-order chi connectivity index (χ0) is 28.9. The number of esters is 1. The van der Waals surface area contributed by atoms with Crippen LogP contribution in [-0.4, -0.2) is 41.7 Å². The molecule has 0 fully saturated rings. The van der Waals surface area contributed by atoms with Crippen molar-refractivity contribution in [2.75, 3.05) is 19.8 Å². The van der Waals surface area contributed by atoms with E-state index < -0.39 is 13.9 Å². The molecule has 7 nitrogen and oxygen atoms in total. The number of phosphoric ester groups is 1. The second-order valence-corrected chi connectivity index (χ2v) is 12.4. The van der Waals surface area contributed by atoms with Gasteiger partial charge in [0.1, 0.15) is 6.10 Å². The number of hydrogen-bond donors (Lipinski definition) is 2. The predicted octanol–water partition coefficient (Wildman–Crippen LogP) is 9.43. The summed E-state index contributed by atoms with van der Waals surface area (Å²) in [6, 6.07) is 0. The van der Waals surface area contributed by atoms with Gasteiger partial charge < -0.3 is 19.3 Å². The smallest absolute Gasteiger partial charge is 0.457 e. The standard InChI is InChI=1S/C31H63O7P/c1-3-5-7-9-11-13-15-16-17-18-20-22-24-26-31(32)38-30(29-37-39(33,34)35)28-36-27-25-23-21-19-14-12-10-8-6-4-2/h30H,3-29H2,1-2H3,(H2,33,34,35). The number of ether oxygens (including phenoxy) is 2. The SMILES string of the molecule is CCCCCCCCCCCCCCCC(=O)OC(COCCCCCCCCCCCC)COP(=O)(O)O. The molecule has 0 spiro atoms. The topological polar surface area (TPSA) is 102 Å². The Labute approximate surface area is 240 Å². The molecule has 0 saturated carbocycles. The minimum atomic E-state index is -4.63. The van der Waals surface area contributed by atoms with Gasteiger partial charge in [-0.1, -0.05) is 149 Å². The number of hydrogen-bond acceptors (Lipinski definition) is 5. The van der Waals surface area contributed by atoms with Gasteiger partial charge in [0, 0.05) is 13.0 Å². The molecule has 0 aromatic rings. The van der Waals surface area contributed by atoms with Crippen molar-refractivity contribution in [1.29, 1.82) is 0 Å². The molecular weight excluding hydrogens is 515 g/mol. The van der Waals surface area contributed by atoms with Crippen LogP contribution in [-0.2, 0) is 23.4 Å². The fourth-order valence-electron chi connectivity index (χ4n) is 4.73. The zero-order valence-electron chi connectivity index (χ0n) is 25.6. The van der Waals surface area contributed by atoms with Gasteiger partial charge in [-0.3, -0.25) is 9.32 Å². The Kier molecular flexibility index (Phi) is 28.7. The molecule has 0 aliphatic rings. The average Bonchev–Trinajstić information content (AvgIpc) is 2.90. The first-order valence-corrected chi connectivity index (χ1v) is 17.9. The lowest BCUT2D eigenvalue weighted by atomic mass is 10.0. The number of rotatable bonds is 31. The molecule has 8 heteroatoms. The van der Waals surface area contributed by atoms with E-state index in [1.165, 1.54) is 116 Å². The van der Waals surface area contributed by atoms with E-state index >= 15 is 0 Å². The van der Waals surface area contributed by atoms with Crippen LogP contribution in [0.3, 0.4) is 0 Å². The molecule has 0 aromatic carbocycles. The third-order valence-electron chi connectivity index (χ3n) is 7.16. The lowest BCUT2D eigenvalue weighted by molar-refractivity contribution is -0.154. The summed E-state index contributed by atoms with van der Waals surface area (Å²) >= 11 is 0. The summed E-state index contributed by atoms with van der Waals surface area (Å²) in [5.41, 5.74) is 0. The van der Waals surface area contributed by atoms with E-state index in [0.29, 0.717) is 13.0 Å². The summed E-state index contributed by atoms with van der Waals surface area (Å²) in [4.78, 5) is 30.3. The molecule has 0 rings (SSSR count). The molecular formula is C31H63O7P. The Bertz CT molecular complexity index is 567. The average molecular weight is 579 g/mol. The maximum absolute atomic E-state index is 12.3. The maximum Gasteiger partial charge on any atom is 0.469 e.